The molecule has 0 rings (SSSR count). The number of unbranched alkanes of at least 4 members (excludes halogenated alkanes) is 6. The number of rotatable bonds is 8. The Labute approximate surface area is 87.9 Å². The summed E-state index contributed by atoms with van der Waals surface area (Å²) in [5.74, 6) is 7.55. The molecule has 0 aromatic heterocycles. The summed E-state index contributed by atoms with van der Waals surface area (Å²) in [4.78, 5) is 0. The second-order valence-electron chi connectivity index (χ2n) is 5.29. The molecule has 0 aromatic rings. The van der Waals surface area contributed by atoms with Crippen LogP contribution in [-0.4, -0.2) is 13.3 Å². The minimum absolute atomic E-state index is 1.12. The maximum atomic E-state index is 3.86. The van der Waals surface area contributed by atoms with E-state index in [2.05, 4.69) is 24.2 Å². The van der Waals surface area contributed by atoms with Crippen LogP contribution in [0.4, 0.5) is 0 Å². The second-order valence-corrected chi connectivity index (χ2v) is 17.1. The Hall–Kier alpha value is 0.543. The molecule has 0 nitrogen and oxygen atoms in total. The van der Waals surface area contributed by atoms with E-state index in [1.807, 2.05) is 0 Å². The van der Waals surface area contributed by atoms with Gasteiger partial charge in [0.05, 0.1) is 0 Å². The van der Waals surface area contributed by atoms with E-state index in [1.165, 1.54) is 38.5 Å². The topological polar surface area (TPSA) is 0 Å². The molecule has 0 aliphatic carbocycles. The van der Waals surface area contributed by atoms with Gasteiger partial charge in [0.2, 0.25) is 0 Å². The molecule has 0 spiro atoms. The summed E-state index contributed by atoms with van der Waals surface area (Å²) in [6.45, 7) is 3.86. The van der Waals surface area contributed by atoms with Crippen molar-refractivity contribution >= 4 is 13.3 Å². The Morgan fingerprint density at radius 2 is 1.23 bits per heavy atom. The summed E-state index contributed by atoms with van der Waals surface area (Å²) in [6.07, 6.45) is 9.72. The van der Waals surface area contributed by atoms with Gasteiger partial charge >= 0.3 is 87.7 Å². The molecule has 0 aromatic carbocycles. The standard InChI is InChI=1S/C12H27Ge/c1-5-6-7-8-9-10-11-12-13(2,3)4/h1,5-12H2,2-4H3. The van der Waals surface area contributed by atoms with Gasteiger partial charge in [-0.1, -0.05) is 0 Å². The molecule has 1 heteroatoms. The average Bonchev–Trinajstić information content (AvgIpc) is 2.01. The molecule has 1 radical (unpaired) electrons. The summed E-state index contributed by atoms with van der Waals surface area (Å²) < 4.78 is 0. The molecule has 0 N–H and O–H groups in total. The number of hydrogen-bond acceptors (Lipinski definition) is 0. The predicted octanol–water partition coefficient (Wildman–Crippen LogP) is 4.89. The first kappa shape index (κ1) is 13.5. The molecule has 0 saturated carbocycles. The molecule has 0 amide bonds. The summed E-state index contributed by atoms with van der Waals surface area (Å²) in [7, 11) is 0. The Kier molecular flexibility index (Phi) is 8.23. The van der Waals surface area contributed by atoms with Crippen LogP contribution in [-0.2, 0) is 0 Å². The first-order valence-corrected chi connectivity index (χ1v) is 13.6. The third-order valence-electron chi connectivity index (χ3n) is 2.43. The van der Waals surface area contributed by atoms with Crippen molar-refractivity contribution < 1.29 is 0 Å². The van der Waals surface area contributed by atoms with E-state index in [1.54, 1.807) is 5.25 Å². The quantitative estimate of drug-likeness (QED) is 0.421. The Bertz CT molecular complexity index is 102. The Morgan fingerprint density at radius 1 is 0.769 bits per heavy atom. The molecule has 0 atom stereocenters. The van der Waals surface area contributed by atoms with Gasteiger partial charge in [0.15, 0.2) is 0 Å². The van der Waals surface area contributed by atoms with Crippen LogP contribution >= 0.6 is 0 Å². The minimum atomic E-state index is -1.19. The van der Waals surface area contributed by atoms with E-state index in [0.29, 0.717) is 0 Å². The molecular formula is C12H27Ge. The van der Waals surface area contributed by atoms with Gasteiger partial charge < -0.3 is 0 Å². The zero-order valence-electron chi connectivity index (χ0n) is 9.86. The van der Waals surface area contributed by atoms with Crippen LogP contribution in [0, 0.1) is 6.92 Å². The maximum absolute atomic E-state index is 3.86. The van der Waals surface area contributed by atoms with E-state index < -0.39 is 13.3 Å². The van der Waals surface area contributed by atoms with Gasteiger partial charge in [-0.3, -0.25) is 0 Å². The first-order valence-electron chi connectivity index (χ1n) is 5.85. The van der Waals surface area contributed by atoms with Gasteiger partial charge in [0.25, 0.3) is 0 Å². The van der Waals surface area contributed by atoms with Gasteiger partial charge in [-0.25, -0.2) is 0 Å². The fourth-order valence-corrected chi connectivity index (χ4v) is 4.29. The normalized spacial score (nSPS) is 12.0. The van der Waals surface area contributed by atoms with Crippen molar-refractivity contribution in [3.8, 4) is 0 Å². The van der Waals surface area contributed by atoms with E-state index in [-0.39, 0.29) is 0 Å². The third kappa shape index (κ3) is 12.5. The zero-order chi connectivity index (χ0) is 10.2. The van der Waals surface area contributed by atoms with Crippen LogP contribution in [0.5, 0.6) is 0 Å². The summed E-state index contributed by atoms with van der Waals surface area (Å²) in [6, 6.07) is 0. The number of hydrogen-bond donors (Lipinski definition) is 0. The van der Waals surface area contributed by atoms with Crippen molar-refractivity contribution in [2.75, 3.05) is 0 Å². The summed E-state index contributed by atoms with van der Waals surface area (Å²) in [5, 5.41) is 1.56. The molecule has 0 unspecified atom stereocenters. The van der Waals surface area contributed by atoms with Crippen molar-refractivity contribution in [2.24, 2.45) is 0 Å². The van der Waals surface area contributed by atoms with Gasteiger partial charge in [0.1, 0.15) is 0 Å². The van der Waals surface area contributed by atoms with Crippen LogP contribution < -0.4 is 0 Å². The van der Waals surface area contributed by atoms with Gasteiger partial charge in [-0.05, 0) is 0 Å². The molecule has 0 fully saturated rings. The van der Waals surface area contributed by atoms with Crippen molar-refractivity contribution in [1.29, 1.82) is 0 Å². The molecule has 79 valence electrons. The third-order valence-corrected chi connectivity index (χ3v) is 6.32. The van der Waals surface area contributed by atoms with Crippen molar-refractivity contribution in [2.45, 2.75) is 67.5 Å². The van der Waals surface area contributed by atoms with Gasteiger partial charge in [-0.2, -0.15) is 0 Å². The molecule has 0 bridgehead atoms. The van der Waals surface area contributed by atoms with Crippen LogP contribution in [0.3, 0.4) is 0 Å². The molecule has 0 heterocycles. The van der Waals surface area contributed by atoms with Crippen molar-refractivity contribution in [1.82, 2.24) is 0 Å². The second kappa shape index (κ2) is 7.90. The molecule has 0 aliphatic heterocycles. The molecule has 13 heavy (non-hydrogen) atoms. The summed E-state index contributed by atoms with van der Waals surface area (Å²) in [5.41, 5.74) is 0. The zero-order valence-corrected chi connectivity index (χ0v) is 12.0. The van der Waals surface area contributed by atoms with E-state index in [0.717, 1.165) is 6.42 Å². The van der Waals surface area contributed by atoms with Crippen LogP contribution in [0.2, 0.25) is 22.5 Å². The van der Waals surface area contributed by atoms with E-state index in [9.17, 15) is 0 Å². The van der Waals surface area contributed by atoms with Gasteiger partial charge in [0, 0.05) is 0 Å². The van der Waals surface area contributed by atoms with Crippen LogP contribution in [0.1, 0.15) is 44.9 Å². The van der Waals surface area contributed by atoms with Crippen molar-refractivity contribution in [3.05, 3.63) is 6.92 Å². The Balaban J connectivity index is 3.00. The molecule has 0 aliphatic rings. The monoisotopic (exact) mass is 245 g/mol. The van der Waals surface area contributed by atoms with Gasteiger partial charge in [-0.15, -0.1) is 0 Å². The van der Waals surface area contributed by atoms with E-state index in [4.69, 9.17) is 0 Å². The van der Waals surface area contributed by atoms with Crippen molar-refractivity contribution in [3.63, 3.8) is 0 Å². The first-order chi connectivity index (χ1) is 6.06. The summed E-state index contributed by atoms with van der Waals surface area (Å²) >= 11 is -1.19. The van der Waals surface area contributed by atoms with Crippen LogP contribution in [0.15, 0.2) is 0 Å². The average molecular weight is 244 g/mol. The Morgan fingerprint density at radius 3 is 1.69 bits per heavy atom. The predicted molar refractivity (Wildman–Crippen MR) is 65.8 cm³/mol. The molecule has 0 saturated heterocycles. The van der Waals surface area contributed by atoms with E-state index >= 15 is 0 Å². The fraction of sp³-hybridized carbons (Fsp3) is 0.917. The SMILES string of the molecule is [CH2]CCCCCCC[CH2][Ge]([CH3])([CH3])[CH3]. The fourth-order valence-electron chi connectivity index (χ4n) is 1.54. The van der Waals surface area contributed by atoms with Crippen LogP contribution in [0.25, 0.3) is 0 Å². The molecular weight excluding hydrogens is 217 g/mol.